The van der Waals surface area contributed by atoms with E-state index in [1.807, 2.05) is 0 Å². The van der Waals surface area contributed by atoms with E-state index < -0.39 is 0 Å². The van der Waals surface area contributed by atoms with E-state index in [9.17, 15) is 4.39 Å². The first-order chi connectivity index (χ1) is 3.30. The zero-order valence-electron chi connectivity index (χ0n) is 3.88. The molecule has 0 N–H and O–H groups in total. The second-order valence-corrected chi connectivity index (χ2v) is 2.12. The maximum absolute atomic E-state index is 12.1. The SMILES string of the molecule is FC1=C(Cl)CCC1. The molecule has 0 unspecified atom stereocenters. The number of halogens is 2. The van der Waals surface area contributed by atoms with Gasteiger partial charge in [-0.25, -0.2) is 4.39 Å². The molecule has 0 spiro atoms. The van der Waals surface area contributed by atoms with Crippen molar-refractivity contribution in [2.45, 2.75) is 19.3 Å². The van der Waals surface area contributed by atoms with E-state index in [-0.39, 0.29) is 5.83 Å². The minimum absolute atomic E-state index is 0.110. The molecule has 0 heterocycles. The van der Waals surface area contributed by atoms with Crippen LogP contribution in [0, 0.1) is 0 Å². The quantitative estimate of drug-likeness (QED) is 0.461. The molecule has 7 heavy (non-hydrogen) atoms. The minimum Gasteiger partial charge on any atom is -0.211 e. The van der Waals surface area contributed by atoms with Crippen molar-refractivity contribution in [3.63, 3.8) is 0 Å². The Balaban J connectivity index is 2.64. The Hall–Kier alpha value is -0.0400. The molecule has 1 aliphatic carbocycles. The van der Waals surface area contributed by atoms with Gasteiger partial charge in [0.05, 0.1) is 0 Å². The number of hydrogen-bond acceptors (Lipinski definition) is 0. The molecule has 0 aliphatic heterocycles. The van der Waals surface area contributed by atoms with Gasteiger partial charge in [-0.05, 0) is 12.8 Å². The summed E-state index contributed by atoms with van der Waals surface area (Å²) in [6.07, 6.45) is 2.19. The van der Waals surface area contributed by atoms with Gasteiger partial charge in [-0.2, -0.15) is 0 Å². The van der Waals surface area contributed by atoms with Gasteiger partial charge in [-0.1, -0.05) is 11.6 Å². The Morgan fingerprint density at radius 2 is 2.14 bits per heavy atom. The van der Waals surface area contributed by atoms with Crippen molar-refractivity contribution < 1.29 is 4.39 Å². The van der Waals surface area contributed by atoms with Crippen molar-refractivity contribution in [2.75, 3.05) is 0 Å². The molecule has 0 fully saturated rings. The molecule has 0 saturated heterocycles. The summed E-state index contributed by atoms with van der Waals surface area (Å²) >= 11 is 5.37. The molecule has 0 atom stereocenters. The first-order valence-electron chi connectivity index (χ1n) is 2.34. The van der Waals surface area contributed by atoms with Crippen LogP contribution in [0.1, 0.15) is 19.3 Å². The van der Waals surface area contributed by atoms with Crippen molar-refractivity contribution in [3.8, 4) is 0 Å². The van der Waals surface area contributed by atoms with Crippen LogP contribution in [0.4, 0.5) is 4.39 Å². The lowest BCUT2D eigenvalue weighted by molar-refractivity contribution is 0.603. The second kappa shape index (κ2) is 1.83. The van der Waals surface area contributed by atoms with Crippen LogP contribution >= 0.6 is 11.6 Å². The zero-order chi connectivity index (χ0) is 5.28. The third-order valence-electron chi connectivity index (χ3n) is 1.09. The van der Waals surface area contributed by atoms with E-state index in [1.54, 1.807) is 0 Å². The molecule has 0 bridgehead atoms. The maximum Gasteiger partial charge on any atom is 0.114 e. The van der Waals surface area contributed by atoms with Crippen LogP contribution in [0.2, 0.25) is 0 Å². The summed E-state index contributed by atoms with van der Waals surface area (Å²) in [4.78, 5) is 0. The van der Waals surface area contributed by atoms with Crippen LogP contribution in [-0.2, 0) is 0 Å². The Morgan fingerprint density at radius 1 is 1.43 bits per heavy atom. The maximum atomic E-state index is 12.1. The predicted molar refractivity (Wildman–Crippen MR) is 27.8 cm³/mol. The van der Waals surface area contributed by atoms with Gasteiger partial charge >= 0.3 is 0 Å². The third-order valence-corrected chi connectivity index (χ3v) is 1.48. The van der Waals surface area contributed by atoms with Crippen molar-refractivity contribution in [1.29, 1.82) is 0 Å². The predicted octanol–water partition coefficient (Wildman–Crippen LogP) is 2.59. The van der Waals surface area contributed by atoms with Crippen LogP contribution in [-0.4, -0.2) is 0 Å². The number of rotatable bonds is 0. The monoisotopic (exact) mass is 120 g/mol. The van der Waals surface area contributed by atoms with Gasteiger partial charge in [0.2, 0.25) is 0 Å². The van der Waals surface area contributed by atoms with E-state index in [0.29, 0.717) is 11.5 Å². The van der Waals surface area contributed by atoms with Crippen LogP contribution in [0.3, 0.4) is 0 Å². The van der Waals surface area contributed by atoms with Crippen LogP contribution in [0.5, 0.6) is 0 Å². The lowest BCUT2D eigenvalue weighted by Gasteiger charge is -1.79. The third kappa shape index (κ3) is 0.942. The van der Waals surface area contributed by atoms with Crippen LogP contribution in [0.25, 0.3) is 0 Å². The molecule has 0 nitrogen and oxygen atoms in total. The van der Waals surface area contributed by atoms with Crippen molar-refractivity contribution >= 4 is 11.6 Å². The second-order valence-electron chi connectivity index (χ2n) is 1.66. The molecular formula is C5H6ClF. The highest BCUT2D eigenvalue weighted by Crippen LogP contribution is 2.28. The van der Waals surface area contributed by atoms with Crippen LogP contribution < -0.4 is 0 Å². The summed E-state index contributed by atoms with van der Waals surface area (Å²) < 4.78 is 12.1. The summed E-state index contributed by atoms with van der Waals surface area (Å²) in [7, 11) is 0. The standard InChI is InChI=1S/C5H6ClF/c6-4-2-1-3-5(4)7/h1-3H2. The summed E-state index contributed by atoms with van der Waals surface area (Å²) in [6.45, 7) is 0. The van der Waals surface area contributed by atoms with Gasteiger partial charge in [0.1, 0.15) is 5.83 Å². The van der Waals surface area contributed by atoms with E-state index in [4.69, 9.17) is 11.6 Å². The molecule has 0 radical (unpaired) electrons. The fourth-order valence-corrected chi connectivity index (χ4v) is 0.898. The minimum atomic E-state index is -0.110. The Kier molecular flexibility index (Phi) is 1.33. The van der Waals surface area contributed by atoms with Gasteiger partial charge in [0.15, 0.2) is 0 Å². The molecule has 0 aromatic carbocycles. The summed E-state index contributed by atoms with van der Waals surface area (Å²) in [5.41, 5.74) is 0. The first kappa shape index (κ1) is 5.10. The Labute approximate surface area is 47.0 Å². The highest BCUT2D eigenvalue weighted by molar-refractivity contribution is 6.30. The highest BCUT2D eigenvalue weighted by Gasteiger charge is 2.10. The molecule has 1 aliphatic rings. The lowest BCUT2D eigenvalue weighted by atomic mass is 10.4. The fourth-order valence-electron chi connectivity index (χ4n) is 0.670. The first-order valence-corrected chi connectivity index (χ1v) is 2.71. The average Bonchev–Trinajstić information content (AvgIpc) is 1.91. The normalized spacial score (nSPS) is 21.4. The smallest absolute Gasteiger partial charge is 0.114 e. The topological polar surface area (TPSA) is 0 Å². The molecule has 0 amide bonds. The van der Waals surface area contributed by atoms with E-state index in [1.165, 1.54) is 0 Å². The highest BCUT2D eigenvalue weighted by atomic mass is 35.5. The fraction of sp³-hybridized carbons (Fsp3) is 0.600. The Morgan fingerprint density at radius 3 is 2.29 bits per heavy atom. The lowest BCUT2D eigenvalue weighted by Crippen LogP contribution is -1.60. The van der Waals surface area contributed by atoms with E-state index >= 15 is 0 Å². The summed E-state index contributed by atoms with van der Waals surface area (Å²) in [5, 5.41) is 0.431. The van der Waals surface area contributed by atoms with E-state index in [0.717, 1.165) is 12.8 Å². The molecule has 0 aromatic heterocycles. The molecule has 1 rings (SSSR count). The van der Waals surface area contributed by atoms with Gasteiger partial charge < -0.3 is 0 Å². The van der Waals surface area contributed by atoms with E-state index in [2.05, 4.69) is 0 Å². The molecule has 2 heteroatoms. The van der Waals surface area contributed by atoms with Gasteiger partial charge in [-0.15, -0.1) is 0 Å². The van der Waals surface area contributed by atoms with Gasteiger partial charge in [0.25, 0.3) is 0 Å². The summed E-state index contributed by atoms with van der Waals surface area (Å²) in [5.74, 6) is -0.110. The molecule has 40 valence electrons. The average molecular weight is 121 g/mol. The van der Waals surface area contributed by atoms with Crippen LogP contribution in [0.15, 0.2) is 10.9 Å². The molecule has 0 saturated carbocycles. The van der Waals surface area contributed by atoms with Crippen molar-refractivity contribution in [1.82, 2.24) is 0 Å². The number of allylic oxidation sites excluding steroid dienone is 2. The van der Waals surface area contributed by atoms with Crippen molar-refractivity contribution in [3.05, 3.63) is 10.9 Å². The zero-order valence-corrected chi connectivity index (χ0v) is 4.63. The van der Waals surface area contributed by atoms with Gasteiger partial charge in [0, 0.05) is 11.5 Å². The molecule has 0 aromatic rings. The molecular weight excluding hydrogens is 115 g/mol. The van der Waals surface area contributed by atoms with Crippen molar-refractivity contribution in [2.24, 2.45) is 0 Å². The number of hydrogen-bond donors (Lipinski definition) is 0. The van der Waals surface area contributed by atoms with Gasteiger partial charge in [-0.3, -0.25) is 0 Å². The summed E-state index contributed by atoms with van der Waals surface area (Å²) in [6, 6.07) is 0. The largest absolute Gasteiger partial charge is 0.211 e. The Bertz CT molecular complexity index is 94.6.